The smallest absolute Gasteiger partial charge is 0.0739 e. The molecular formula is C13H19NO. The van der Waals surface area contributed by atoms with E-state index in [4.69, 9.17) is 4.74 Å². The molecule has 0 aliphatic carbocycles. The molecule has 1 aliphatic rings. The molecule has 2 heteroatoms. The van der Waals surface area contributed by atoms with Crippen molar-refractivity contribution in [3.8, 4) is 0 Å². The average molecular weight is 205 g/mol. The van der Waals surface area contributed by atoms with Crippen LogP contribution in [0, 0.1) is 12.8 Å². The van der Waals surface area contributed by atoms with Crippen LogP contribution in [0.5, 0.6) is 0 Å². The highest BCUT2D eigenvalue weighted by Gasteiger charge is 2.26. The molecule has 1 aliphatic heterocycles. The van der Waals surface area contributed by atoms with E-state index < -0.39 is 0 Å². The summed E-state index contributed by atoms with van der Waals surface area (Å²) in [7, 11) is 1.81. The lowest BCUT2D eigenvalue weighted by Crippen LogP contribution is -2.22. The minimum absolute atomic E-state index is 0.380. The Hall–Kier alpha value is -0.860. The van der Waals surface area contributed by atoms with Crippen LogP contribution in [0.1, 0.15) is 11.1 Å². The van der Waals surface area contributed by atoms with Gasteiger partial charge in [-0.3, -0.25) is 0 Å². The van der Waals surface area contributed by atoms with Gasteiger partial charge in [0.25, 0.3) is 0 Å². The Morgan fingerprint density at radius 3 is 3.00 bits per heavy atom. The van der Waals surface area contributed by atoms with Crippen molar-refractivity contribution in [2.75, 3.05) is 20.2 Å². The van der Waals surface area contributed by atoms with E-state index in [2.05, 4.69) is 36.5 Å². The van der Waals surface area contributed by atoms with Gasteiger partial charge in [0, 0.05) is 26.1 Å². The van der Waals surface area contributed by atoms with Gasteiger partial charge in [-0.25, -0.2) is 0 Å². The normalized spacial score (nSPS) is 25.7. The van der Waals surface area contributed by atoms with Crippen LogP contribution >= 0.6 is 0 Å². The van der Waals surface area contributed by atoms with Gasteiger partial charge in [0.15, 0.2) is 0 Å². The highest BCUT2D eigenvalue weighted by molar-refractivity contribution is 5.23. The first kappa shape index (κ1) is 10.7. The molecule has 1 fully saturated rings. The predicted molar refractivity (Wildman–Crippen MR) is 62.0 cm³/mol. The van der Waals surface area contributed by atoms with Crippen LogP contribution in [0.3, 0.4) is 0 Å². The van der Waals surface area contributed by atoms with Crippen molar-refractivity contribution in [1.82, 2.24) is 5.32 Å². The Balaban J connectivity index is 2.02. The largest absolute Gasteiger partial charge is 0.380 e. The maximum Gasteiger partial charge on any atom is 0.0739 e. The number of benzene rings is 1. The van der Waals surface area contributed by atoms with Gasteiger partial charge in [-0.1, -0.05) is 29.8 Å². The van der Waals surface area contributed by atoms with E-state index in [0.717, 1.165) is 19.5 Å². The fraction of sp³-hybridized carbons (Fsp3) is 0.538. The molecule has 1 aromatic carbocycles. The number of hydrogen-bond acceptors (Lipinski definition) is 2. The fourth-order valence-electron chi connectivity index (χ4n) is 2.33. The van der Waals surface area contributed by atoms with Crippen molar-refractivity contribution in [2.24, 2.45) is 5.92 Å². The molecule has 1 N–H and O–H groups in total. The second-order valence-electron chi connectivity index (χ2n) is 4.39. The number of methoxy groups -OCH3 is 1. The number of aryl methyl sites for hydroxylation is 1. The lowest BCUT2D eigenvalue weighted by atomic mass is 9.96. The number of hydrogen-bond donors (Lipinski definition) is 1. The molecule has 2 unspecified atom stereocenters. The molecule has 2 rings (SSSR count). The zero-order chi connectivity index (χ0) is 10.7. The lowest BCUT2D eigenvalue weighted by molar-refractivity contribution is 0.0832. The van der Waals surface area contributed by atoms with E-state index in [1.807, 2.05) is 0 Å². The molecule has 1 aromatic rings. The molecule has 82 valence electrons. The average Bonchev–Trinajstić information content (AvgIpc) is 2.65. The quantitative estimate of drug-likeness (QED) is 0.812. The standard InChI is InChI=1S/C13H19NO/c1-10-4-3-5-11(6-10)7-12-8-14-9-13(12)15-2/h3-6,12-14H,7-9H2,1-2H3. The summed E-state index contributed by atoms with van der Waals surface area (Å²) in [5.41, 5.74) is 2.76. The highest BCUT2D eigenvalue weighted by Crippen LogP contribution is 2.18. The highest BCUT2D eigenvalue weighted by atomic mass is 16.5. The van der Waals surface area contributed by atoms with Gasteiger partial charge in [-0.15, -0.1) is 0 Å². The number of rotatable bonds is 3. The second kappa shape index (κ2) is 4.77. The monoisotopic (exact) mass is 205 g/mol. The van der Waals surface area contributed by atoms with Gasteiger partial charge in [0.1, 0.15) is 0 Å². The van der Waals surface area contributed by atoms with Crippen LogP contribution in [0.25, 0.3) is 0 Å². The molecule has 0 radical (unpaired) electrons. The van der Waals surface area contributed by atoms with Crippen molar-refractivity contribution in [1.29, 1.82) is 0 Å². The molecule has 0 amide bonds. The zero-order valence-corrected chi connectivity index (χ0v) is 9.49. The lowest BCUT2D eigenvalue weighted by Gasteiger charge is -2.17. The van der Waals surface area contributed by atoms with Crippen LogP contribution < -0.4 is 5.32 Å². The fourth-order valence-corrected chi connectivity index (χ4v) is 2.33. The molecule has 1 saturated heterocycles. The minimum atomic E-state index is 0.380. The van der Waals surface area contributed by atoms with Crippen molar-refractivity contribution in [3.63, 3.8) is 0 Å². The summed E-state index contributed by atoms with van der Waals surface area (Å²) >= 11 is 0. The van der Waals surface area contributed by atoms with Gasteiger partial charge in [-0.05, 0) is 18.9 Å². The van der Waals surface area contributed by atoms with Crippen LogP contribution in [-0.2, 0) is 11.2 Å². The molecule has 2 nitrogen and oxygen atoms in total. The van der Waals surface area contributed by atoms with E-state index in [0.29, 0.717) is 12.0 Å². The molecule has 15 heavy (non-hydrogen) atoms. The van der Waals surface area contributed by atoms with Gasteiger partial charge in [0.05, 0.1) is 6.10 Å². The van der Waals surface area contributed by atoms with Crippen LogP contribution in [0.15, 0.2) is 24.3 Å². The summed E-state index contributed by atoms with van der Waals surface area (Å²) in [5, 5.41) is 3.38. The van der Waals surface area contributed by atoms with E-state index in [-0.39, 0.29) is 0 Å². The molecule has 1 heterocycles. The third kappa shape index (κ3) is 2.58. The SMILES string of the molecule is COC1CNCC1Cc1cccc(C)c1. The zero-order valence-electron chi connectivity index (χ0n) is 9.49. The van der Waals surface area contributed by atoms with Crippen molar-refractivity contribution in [3.05, 3.63) is 35.4 Å². The van der Waals surface area contributed by atoms with Crippen LogP contribution in [0.4, 0.5) is 0 Å². The van der Waals surface area contributed by atoms with Crippen LogP contribution in [0.2, 0.25) is 0 Å². The van der Waals surface area contributed by atoms with E-state index in [1.165, 1.54) is 11.1 Å². The van der Waals surface area contributed by atoms with E-state index in [9.17, 15) is 0 Å². The van der Waals surface area contributed by atoms with Crippen molar-refractivity contribution >= 4 is 0 Å². The molecule has 0 spiro atoms. The van der Waals surface area contributed by atoms with Crippen LogP contribution in [-0.4, -0.2) is 26.3 Å². The Labute approximate surface area is 91.6 Å². The van der Waals surface area contributed by atoms with Gasteiger partial charge >= 0.3 is 0 Å². The first-order chi connectivity index (χ1) is 7.29. The van der Waals surface area contributed by atoms with Gasteiger partial charge in [-0.2, -0.15) is 0 Å². The number of nitrogens with one attached hydrogen (secondary N) is 1. The summed E-state index contributed by atoms with van der Waals surface area (Å²) in [6.07, 6.45) is 1.50. The summed E-state index contributed by atoms with van der Waals surface area (Å²) in [6.45, 7) is 4.21. The third-order valence-corrected chi connectivity index (χ3v) is 3.16. The summed E-state index contributed by atoms with van der Waals surface area (Å²) < 4.78 is 5.46. The molecule has 0 bridgehead atoms. The molecule has 0 saturated carbocycles. The Bertz CT molecular complexity index is 324. The van der Waals surface area contributed by atoms with Crippen molar-refractivity contribution < 1.29 is 4.74 Å². The Morgan fingerprint density at radius 2 is 2.27 bits per heavy atom. The minimum Gasteiger partial charge on any atom is -0.380 e. The van der Waals surface area contributed by atoms with Gasteiger partial charge in [0.2, 0.25) is 0 Å². The maximum atomic E-state index is 5.46. The van der Waals surface area contributed by atoms with E-state index in [1.54, 1.807) is 7.11 Å². The maximum absolute atomic E-state index is 5.46. The first-order valence-corrected chi connectivity index (χ1v) is 5.58. The molecule has 2 atom stereocenters. The molecular weight excluding hydrogens is 186 g/mol. The molecule has 0 aromatic heterocycles. The van der Waals surface area contributed by atoms with Crippen molar-refractivity contribution in [2.45, 2.75) is 19.4 Å². The summed E-state index contributed by atoms with van der Waals surface area (Å²) in [6, 6.07) is 8.75. The topological polar surface area (TPSA) is 21.3 Å². The van der Waals surface area contributed by atoms with Gasteiger partial charge < -0.3 is 10.1 Å². The summed E-state index contributed by atoms with van der Waals surface area (Å²) in [4.78, 5) is 0. The Morgan fingerprint density at radius 1 is 1.40 bits per heavy atom. The summed E-state index contributed by atoms with van der Waals surface area (Å²) in [5.74, 6) is 0.622. The predicted octanol–water partition coefficient (Wildman–Crippen LogP) is 1.77. The first-order valence-electron chi connectivity index (χ1n) is 5.58. The van der Waals surface area contributed by atoms with E-state index >= 15 is 0 Å². The second-order valence-corrected chi connectivity index (χ2v) is 4.39. The number of ether oxygens (including phenoxy) is 1. The Kier molecular flexibility index (Phi) is 3.39. The third-order valence-electron chi connectivity index (χ3n) is 3.16.